The van der Waals surface area contributed by atoms with Crippen LogP contribution in [0.5, 0.6) is 0 Å². The number of aromatic nitrogens is 3. The predicted octanol–water partition coefficient (Wildman–Crippen LogP) is 7.16. The Morgan fingerprint density at radius 2 is 1.35 bits per heavy atom. The summed E-state index contributed by atoms with van der Waals surface area (Å²) in [6.45, 7) is 6.27. The van der Waals surface area contributed by atoms with E-state index in [9.17, 15) is 0 Å². The van der Waals surface area contributed by atoms with Crippen molar-refractivity contribution >= 4 is 11.0 Å². The first kappa shape index (κ1) is 20.5. The molecule has 0 aliphatic rings. The van der Waals surface area contributed by atoms with Crippen LogP contribution >= 0.6 is 0 Å². The zero-order valence-electron chi connectivity index (χ0n) is 18.3. The van der Waals surface area contributed by atoms with Gasteiger partial charge in [-0.2, -0.15) is 0 Å². The lowest BCUT2D eigenvalue weighted by Gasteiger charge is -2.00. The number of aryl methyl sites for hydroxylation is 3. The predicted molar refractivity (Wildman–Crippen MR) is 130 cm³/mol. The summed E-state index contributed by atoms with van der Waals surface area (Å²) in [4.78, 5) is 11.8. The summed E-state index contributed by atoms with van der Waals surface area (Å²) in [5.41, 5.74) is 9.41. The number of hydrogen-bond acceptors (Lipinski definition) is 2. The third-order valence-electron chi connectivity index (χ3n) is 5.46. The van der Waals surface area contributed by atoms with Crippen molar-refractivity contribution in [2.75, 3.05) is 0 Å². The number of aromatic amines is 1. The summed E-state index contributed by atoms with van der Waals surface area (Å²) in [6, 6.07) is 29.8. The Morgan fingerprint density at radius 3 is 2.00 bits per heavy atom. The minimum Gasteiger partial charge on any atom is -0.339 e. The molecule has 5 rings (SSSR count). The van der Waals surface area contributed by atoms with Gasteiger partial charge in [-0.15, -0.1) is 0 Å². The van der Waals surface area contributed by atoms with Crippen molar-refractivity contribution in [3.8, 4) is 22.4 Å². The molecule has 0 aliphatic heterocycles. The monoisotopic (exact) mass is 405 g/mol. The Hall–Kier alpha value is -3.72. The van der Waals surface area contributed by atoms with Crippen molar-refractivity contribution in [2.45, 2.75) is 27.2 Å². The third-order valence-corrected chi connectivity index (χ3v) is 5.46. The molecule has 0 unspecified atom stereocenters. The molecular weight excluding hydrogens is 378 g/mol. The Morgan fingerprint density at radius 1 is 0.710 bits per heavy atom. The van der Waals surface area contributed by atoms with E-state index >= 15 is 0 Å². The first-order chi connectivity index (χ1) is 15.1. The van der Waals surface area contributed by atoms with Gasteiger partial charge in [-0.25, -0.2) is 9.97 Å². The minimum absolute atomic E-state index is 0.900. The highest BCUT2D eigenvalue weighted by Crippen LogP contribution is 2.24. The molecule has 2 aromatic heterocycles. The molecule has 0 atom stereocenters. The van der Waals surface area contributed by atoms with Gasteiger partial charge in [-0.1, -0.05) is 91.3 Å². The lowest BCUT2D eigenvalue weighted by molar-refractivity contribution is 1.14. The van der Waals surface area contributed by atoms with Crippen molar-refractivity contribution < 1.29 is 0 Å². The number of benzene rings is 3. The molecule has 0 fully saturated rings. The maximum atomic E-state index is 4.26. The fourth-order valence-corrected chi connectivity index (χ4v) is 3.52. The smallest absolute Gasteiger partial charge is 0.141 e. The minimum atomic E-state index is 0.900. The maximum Gasteiger partial charge on any atom is 0.141 e. The number of hydrogen-bond donors (Lipinski definition) is 1. The van der Waals surface area contributed by atoms with Crippen LogP contribution < -0.4 is 0 Å². The number of nitrogens with one attached hydrogen (secondary N) is 1. The number of fused-ring (bicyclic) bond motifs is 1. The van der Waals surface area contributed by atoms with Crippen LogP contribution in [-0.2, 0) is 6.42 Å². The quantitative estimate of drug-likeness (QED) is 0.346. The highest BCUT2D eigenvalue weighted by molar-refractivity contribution is 5.84. The molecule has 0 aliphatic carbocycles. The van der Waals surface area contributed by atoms with E-state index in [4.69, 9.17) is 0 Å². The van der Waals surface area contributed by atoms with Crippen molar-refractivity contribution in [3.63, 3.8) is 0 Å². The van der Waals surface area contributed by atoms with Gasteiger partial charge in [0, 0.05) is 11.1 Å². The summed E-state index contributed by atoms with van der Waals surface area (Å²) in [6.07, 6.45) is 2.66. The van der Waals surface area contributed by atoms with Gasteiger partial charge in [-0.3, -0.25) is 0 Å². The molecule has 3 heteroatoms. The van der Waals surface area contributed by atoms with Crippen molar-refractivity contribution in [1.29, 1.82) is 0 Å². The Bertz CT molecular complexity index is 1250. The normalized spacial score (nSPS) is 10.5. The fourth-order valence-electron chi connectivity index (χ4n) is 3.52. The third kappa shape index (κ3) is 4.89. The van der Waals surface area contributed by atoms with Crippen molar-refractivity contribution in [3.05, 3.63) is 108 Å². The van der Waals surface area contributed by atoms with E-state index in [-0.39, 0.29) is 0 Å². The second-order valence-corrected chi connectivity index (χ2v) is 7.69. The summed E-state index contributed by atoms with van der Waals surface area (Å²) in [5, 5.41) is 1.09. The lowest BCUT2D eigenvalue weighted by atomic mass is 10.0. The van der Waals surface area contributed by atoms with Crippen LogP contribution in [-0.4, -0.2) is 15.0 Å². The van der Waals surface area contributed by atoms with E-state index in [1.165, 1.54) is 27.8 Å². The number of H-pyrrole nitrogens is 1. The molecule has 0 saturated heterocycles. The topological polar surface area (TPSA) is 41.6 Å². The van der Waals surface area contributed by atoms with Gasteiger partial charge >= 0.3 is 0 Å². The van der Waals surface area contributed by atoms with Gasteiger partial charge in [0.2, 0.25) is 0 Å². The van der Waals surface area contributed by atoms with Gasteiger partial charge in [0.25, 0.3) is 0 Å². The molecule has 1 N–H and O–H groups in total. The first-order valence-corrected chi connectivity index (χ1v) is 10.7. The first-order valence-electron chi connectivity index (χ1n) is 10.7. The van der Waals surface area contributed by atoms with E-state index in [0.29, 0.717) is 0 Å². The van der Waals surface area contributed by atoms with Crippen LogP contribution in [0.2, 0.25) is 0 Å². The fraction of sp³-hybridized carbons (Fsp3) is 0.143. The van der Waals surface area contributed by atoms with Gasteiger partial charge in [0.05, 0.1) is 5.69 Å². The molecule has 2 heterocycles. The Labute approximate surface area is 183 Å². The number of rotatable bonds is 3. The SMILES string of the molecule is CCc1ccc(-c2cc3c(C)ncnc3[nH]2)cc1.Cc1ccc(-c2ccccc2)cc1. The van der Waals surface area contributed by atoms with Gasteiger partial charge in [0.1, 0.15) is 12.0 Å². The van der Waals surface area contributed by atoms with Crippen LogP contribution in [0.1, 0.15) is 23.7 Å². The maximum absolute atomic E-state index is 4.26. The summed E-state index contributed by atoms with van der Waals surface area (Å²) in [7, 11) is 0. The van der Waals surface area contributed by atoms with Crippen LogP contribution in [0.3, 0.4) is 0 Å². The van der Waals surface area contributed by atoms with Gasteiger partial charge < -0.3 is 4.98 Å². The summed E-state index contributed by atoms with van der Waals surface area (Å²) >= 11 is 0. The van der Waals surface area contributed by atoms with Crippen molar-refractivity contribution in [1.82, 2.24) is 15.0 Å². The van der Waals surface area contributed by atoms with Crippen LogP contribution in [0.15, 0.2) is 91.3 Å². The van der Waals surface area contributed by atoms with Crippen LogP contribution in [0.25, 0.3) is 33.4 Å². The molecule has 5 aromatic rings. The zero-order valence-corrected chi connectivity index (χ0v) is 18.3. The summed E-state index contributed by atoms with van der Waals surface area (Å²) in [5.74, 6) is 0. The average Bonchev–Trinajstić information content (AvgIpc) is 3.27. The van der Waals surface area contributed by atoms with Gasteiger partial charge in [0.15, 0.2) is 0 Å². The van der Waals surface area contributed by atoms with Crippen LogP contribution in [0, 0.1) is 13.8 Å². The lowest BCUT2D eigenvalue weighted by Crippen LogP contribution is -1.83. The molecule has 0 spiro atoms. The Kier molecular flexibility index (Phi) is 6.23. The molecule has 0 bridgehead atoms. The molecule has 0 radical (unpaired) electrons. The van der Waals surface area contributed by atoms with E-state index in [1.807, 2.05) is 13.0 Å². The highest BCUT2D eigenvalue weighted by atomic mass is 14.9. The van der Waals surface area contributed by atoms with Gasteiger partial charge in [-0.05, 0) is 48.6 Å². The molecule has 3 aromatic carbocycles. The second-order valence-electron chi connectivity index (χ2n) is 7.69. The Balaban J connectivity index is 0.000000158. The van der Waals surface area contributed by atoms with E-state index in [0.717, 1.165) is 28.8 Å². The van der Waals surface area contributed by atoms with Crippen molar-refractivity contribution in [2.24, 2.45) is 0 Å². The van der Waals surface area contributed by atoms with E-state index in [2.05, 4.69) is 108 Å². The zero-order chi connectivity index (χ0) is 21.6. The second kappa shape index (κ2) is 9.40. The molecular formula is C28H27N3. The largest absolute Gasteiger partial charge is 0.339 e. The number of nitrogens with zero attached hydrogens (tertiary/aromatic N) is 2. The average molecular weight is 406 g/mol. The van der Waals surface area contributed by atoms with E-state index in [1.54, 1.807) is 6.33 Å². The molecule has 154 valence electrons. The molecule has 31 heavy (non-hydrogen) atoms. The molecule has 0 amide bonds. The molecule has 0 saturated carbocycles. The standard InChI is InChI=1S/C15H15N3.C13H12/c1-3-11-4-6-12(7-5-11)14-8-13-10(2)16-9-17-15(13)18-14;1-11-7-9-13(10-8-11)12-5-3-2-4-6-12/h4-9H,3H2,1-2H3,(H,16,17,18);2-10H,1H3. The highest BCUT2D eigenvalue weighted by Gasteiger charge is 2.06. The summed E-state index contributed by atoms with van der Waals surface area (Å²) < 4.78 is 0. The molecule has 3 nitrogen and oxygen atoms in total. The van der Waals surface area contributed by atoms with Crippen LogP contribution in [0.4, 0.5) is 0 Å². The van der Waals surface area contributed by atoms with E-state index < -0.39 is 0 Å².